The number of carbonyl (C=O) groups is 1. The highest BCUT2D eigenvalue weighted by molar-refractivity contribution is 9.10. The van der Waals surface area contributed by atoms with E-state index in [1.165, 1.54) is 12.3 Å². The van der Waals surface area contributed by atoms with E-state index in [2.05, 4.69) is 26.5 Å². The van der Waals surface area contributed by atoms with Crippen molar-refractivity contribution in [1.82, 2.24) is 5.43 Å². The molecule has 126 valence electrons. The number of benzene rings is 2. The second-order valence-corrected chi connectivity index (χ2v) is 6.42. The van der Waals surface area contributed by atoms with E-state index in [-0.39, 0.29) is 12.4 Å². The molecule has 0 heterocycles. The summed E-state index contributed by atoms with van der Waals surface area (Å²) in [4.78, 5) is 11.8. The van der Waals surface area contributed by atoms with Crippen molar-refractivity contribution >= 4 is 39.7 Å². The number of nitrogens with one attached hydrogen (secondary N) is 1. The number of rotatable bonds is 5. The first-order valence-electron chi connectivity index (χ1n) is 7.07. The van der Waals surface area contributed by atoms with E-state index in [4.69, 9.17) is 16.3 Å². The Kier molecular flexibility index (Phi) is 6.23. The first-order valence-corrected chi connectivity index (χ1v) is 8.24. The Hall–Kier alpha value is -2.05. The van der Waals surface area contributed by atoms with Crippen LogP contribution in [0.1, 0.15) is 16.7 Å². The van der Waals surface area contributed by atoms with Gasteiger partial charge in [-0.3, -0.25) is 4.79 Å². The highest BCUT2D eigenvalue weighted by Crippen LogP contribution is 2.30. The number of phenols is 1. The zero-order chi connectivity index (χ0) is 17.7. The predicted octanol–water partition coefficient (Wildman–Crippen LogP) is 3.95. The fourth-order valence-corrected chi connectivity index (χ4v) is 2.89. The van der Waals surface area contributed by atoms with Crippen LogP contribution in [0.2, 0.25) is 5.02 Å². The molecule has 2 aromatic rings. The molecule has 0 aliphatic carbocycles. The van der Waals surface area contributed by atoms with Crippen LogP contribution < -0.4 is 10.2 Å². The average molecular weight is 412 g/mol. The lowest BCUT2D eigenvalue weighted by molar-refractivity contribution is -0.123. The molecule has 5 nitrogen and oxygen atoms in total. The SMILES string of the molecule is Cc1cccc(C)c1OCC(=O)N/N=C/c1cc(Cl)cc(Br)c1O. The zero-order valence-corrected chi connectivity index (χ0v) is 15.5. The van der Waals surface area contributed by atoms with E-state index in [1.807, 2.05) is 32.0 Å². The Bertz CT molecular complexity index is 773. The first kappa shape index (κ1) is 18.3. The number of para-hydroxylation sites is 1. The van der Waals surface area contributed by atoms with Crippen LogP contribution in [0.15, 0.2) is 39.9 Å². The van der Waals surface area contributed by atoms with E-state index in [9.17, 15) is 9.90 Å². The van der Waals surface area contributed by atoms with Gasteiger partial charge in [-0.15, -0.1) is 0 Å². The number of halogens is 2. The summed E-state index contributed by atoms with van der Waals surface area (Å²) in [6.07, 6.45) is 1.31. The van der Waals surface area contributed by atoms with Crippen LogP contribution in [0.3, 0.4) is 0 Å². The molecule has 0 unspecified atom stereocenters. The summed E-state index contributed by atoms with van der Waals surface area (Å²) in [5.74, 6) is 0.270. The number of carbonyl (C=O) groups excluding carboxylic acids is 1. The number of amides is 1. The fraction of sp³-hybridized carbons (Fsp3) is 0.176. The fourth-order valence-electron chi connectivity index (χ4n) is 2.05. The summed E-state index contributed by atoms with van der Waals surface area (Å²) in [5.41, 5.74) is 4.64. The van der Waals surface area contributed by atoms with E-state index in [0.717, 1.165) is 11.1 Å². The van der Waals surface area contributed by atoms with Gasteiger partial charge in [0, 0.05) is 10.6 Å². The maximum Gasteiger partial charge on any atom is 0.277 e. The predicted molar refractivity (Wildman–Crippen MR) is 98.0 cm³/mol. The molecule has 0 radical (unpaired) electrons. The van der Waals surface area contributed by atoms with Gasteiger partial charge in [0.2, 0.25) is 0 Å². The molecule has 0 aromatic heterocycles. The third-order valence-corrected chi connectivity index (χ3v) is 4.03. The van der Waals surface area contributed by atoms with Gasteiger partial charge in [0.25, 0.3) is 5.91 Å². The van der Waals surface area contributed by atoms with Gasteiger partial charge in [-0.1, -0.05) is 29.8 Å². The highest BCUT2D eigenvalue weighted by Gasteiger charge is 2.08. The molecule has 1 amide bonds. The topological polar surface area (TPSA) is 70.9 Å². The molecular formula is C17H16BrClN2O3. The number of hydrogen-bond donors (Lipinski definition) is 2. The largest absolute Gasteiger partial charge is 0.506 e. The molecule has 7 heteroatoms. The molecule has 2 N–H and O–H groups in total. The maximum absolute atomic E-state index is 11.8. The van der Waals surface area contributed by atoms with Crippen molar-refractivity contribution < 1.29 is 14.6 Å². The first-order chi connectivity index (χ1) is 11.4. The van der Waals surface area contributed by atoms with Gasteiger partial charge in [0.15, 0.2) is 6.61 Å². The molecular weight excluding hydrogens is 396 g/mol. The van der Waals surface area contributed by atoms with E-state index in [0.29, 0.717) is 20.8 Å². The molecule has 2 rings (SSSR count). The van der Waals surface area contributed by atoms with Crippen LogP contribution in [0.4, 0.5) is 0 Å². The molecule has 0 saturated carbocycles. The maximum atomic E-state index is 11.8. The number of phenolic OH excluding ortho intramolecular Hbond substituents is 1. The van der Waals surface area contributed by atoms with Gasteiger partial charge in [-0.2, -0.15) is 5.10 Å². The molecule has 0 atom stereocenters. The Balaban J connectivity index is 1.94. The van der Waals surface area contributed by atoms with Gasteiger partial charge >= 0.3 is 0 Å². The Morgan fingerprint density at radius 2 is 2.04 bits per heavy atom. The van der Waals surface area contributed by atoms with Crippen molar-refractivity contribution in [2.45, 2.75) is 13.8 Å². The Labute approximate surface area is 153 Å². The summed E-state index contributed by atoms with van der Waals surface area (Å²) >= 11 is 9.08. The Morgan fingerprint density at radius 1 is 1.38 bits per heavy atom. The van der Waals surface area contributed by atoms with Crippen molar-refractivity contribution in [1.29, 1.82) is 0 Å². The van der Waals surface area contributed by atoms with Crippen molar-refractivity contribution in [2.24, 2.45) is 5.10 Å². The van der Waals surface area contributed by atoms with Crippen LogP contribution in [0, 0.1) is 13.8 Å². The minimum Gasteiger partial charge on any atom is -0.506 e. The summed E-state index contributed by atoms with van der Waals surface area (Å²) in [7, 11) is 0. The summed E-state index contributed by atoms with van der Waals surface area (Å²) < 4.78 is 5.98. The van der Waals surface area contributed by atoms with Gasteiger partial charge in [-0.05, 0) is 53.0 Å². The van der Waals surface area contributed by atoms with Crippen LogP contribution in [0.25, 0.3) is 0 Å². The third kappa shape index (κ3) is 4.72. The van der Waals surface area contributed by atoms with Crippen molar-refractivity contribution in [3.63, 3.8) is 0 Å². The minimum absolute atomic E-state index is 0.0100. The molecule has 0 aliphatic rings. The lowest BCUT2D eigenvalue weighted by Gasteiger charge is -2.10. The molecule has 24 heavy (non-hydrogen) atoms. The van der Waals surface area contributed by atoms with Crippen LogP contribution in [-0.2, 0) is 4.79 Å². The monoisotopic (exact) mass is 410 g/mol. The van der Waals surface area contributed by atoms with Gasteiger partial charge in [-0.25, -0.2) is 5.43 Å². The van der Waals surface area contributed by atoms with Crippen molar-refractivity contribution in [2.75, 3.05) is 6.61 Å². The van der Waals surface area contributed by atoms with E-state index in [1.54, 1.807) is 6.07 Å². The number of ether oxygens (including phenoxy) is 1. The number of hydrogen-bond acceptors (Lipinski definition) is 4. The lowest BCUT2D eigenvalue weighted by Crippen LogP contribution is -2.25. The van der Waals surface area contributed by atoms with E-state index >= 15 is 0 Å². The molecule has 0 saturated heterocycles. The third-order valence-electron chi connectivity index (χ3n) is 3.21. The van der Waals surface area contributed by atoms with E-state index < -0.39 is 5.91 Å². The highest BCUT2D eigenvalue weighted by atomic mass is 79.9. The molecule has 0 aliphatic heterocycles. The second-order valence-electron chi connectivity index (χ2n) is 5.13. The zero-order valence-electron chi connectivity index (χ0n) is 13.1. The van der Waals surface area contributed by atoms with Crippen molar-refractivity contribution in [3.8, 4) is 11.5 Å². The lowest BCUT2D eigenvalue weighted by atomic mass is 10.1. The molecule has 0 bridgehead atoms. The van der Waals surface area contributed by atoms with Gasteiger partial charge in [0.05, 0.1) is 10.7 Å². The van der Waals surface area contributed by atoms with Crippen LogP contribution in [-0.4, -0.2) is 23.8 Å². The van der Waals surface area contributed by atoms with Gasteiger partial charge in [0.1, 0.15) is 11.5 Å². The molecule has 2 aromatic carbocycles. The summed E-state index contributed by atoms with van der Waals surface area (Å²) in [6.45, 7) is 3.67. The second kappa shape index (κ2) is 8.17. The smallest absolute Gasteiger partial charge is 0.277 e. The molecule has 0 fully saturated rings. The normalized spacial score (nSPS) is 10.8. The summed E-state index contributed by atoms with van der Waals surface area (Å²) in [5, 5.41) is 14.1. The number of aryl methyl sites for hydroxylation is 2. The number of hydrazone groups is 1. The number of nitrogens with zero attached hydrogens (tertiary/aromatic N) is 1. The molecule has 0 spiro atoms. The van der Waals surface area contributed by atoms with Crippen LogP contribution >= 0.6 is 27.5 Å². The summed E-state index contributed by atoms with van der Waals surface area (Å²) in [6, 6.07) is 8.85. The van der Waals surface area contributed by atoms with Crippen molar-refractivity contribution in [3.05, 3.63) is 56.5 Å². The standard InChI is InChI=1S/C17H16BrClN2O3/c1-10-4-3-5-11(2)17(10)24-9-15(22)21-20-8-12-6-13(19)7-14(18)16(12)23/h3-8,23H,9H2,1-2H3,(H,21,22)/b20-8+. The minimum atomic E-state index is -0.408. The number of aromatic hydroxyl groups is 1. The van der Waals surface area contributed by atoms with Gasteiger partial charge < -0.3 is 9.84 Å². The average Bonchev–Trinajstić information content (AvgIpc) is 2.51. The quantitative estimate of drug-likeness (QED) is 0.578. The van der Waals surface area contributed by atoms with Crippen LogP contribution in [0.5, 0.6) is 11.5 Å². The Morgan fingerprint density at radius 3 is 2.71 bits per heavy atom.